The molecule has 0 radical (unpaired) electrons. The third kappa shape index (κ3) is 2.66. The van der Waals surface area contributed by atoms with Crippen LogP contribution in [0.4, 0.5) is 22.0 Å². The van der Waals surface area contributed by atoms with Gasteiger partial charge in [-0.05, 0) is 32.1 Å². The molecule has 2 rings (SSSR count). The number of allylic oxidation sites excluding steroid dienone is 1. The third-order valence-electron chi connectivity index (χ3n) is 2.95. The lowest BCUT2D eigenvalue weighted by molar-refractivity contribution is 0.104. The van der Waals surface area contributed by atoms with E-state index in [4.69, 9.17) is 4.42 Å². The molecule has 0 atom stereocenters. The van der Waals surface area contributed by atoms with Crippen LogP contribution in [0.5, 0.6) is 0 Å². The molecule has 0 amide bonds. The summed E-state index contributed by atoms with van der Waals surface area (Å²) in [6.45, 7) is 3.10. The normalized spacial score (nSPS) is 11.4. The van der Waals surface area contributed by atoms with Crippen LogP contribution in [0.1, 0.15) is 27.4 Å². The molecule has 1 aromatic carbocycles. The number of aryl methyl sites for hydroxylation is 2. The zero-order valence-electron chi connectivity index (χ0n) is 11.4. The van der Waals surface area contributed by atoms with Crippen LogP contribution in [-0.2, 0) is 0 Å². The SMILES string of the molecule is Cc1cc(C(=O)/C=C/c2c(F)c(F)c(F)c(F)c2F)c(C)o1. The monoisotopic (exact) mass is 316 g/mol. The summed E-state index contributed by atoms with van der Waals surface area (Å²) in [5.41, 5.74) is -1.04. The number of furan rings is 1. The van der Waals surface area contributed by atoms with Crippen molar-refractivity contribution in [2.45, 2.75) is 13.8 Å². The number of hydrogen-bond donors (Lipinski definition) is 0. The quantitative estimate of drug-likeness (QED) is 0.275. The molecule has 0 fully saturated rings. The summed E-state index contributed by atoms with van der Waals surface area (Å²) in [6.07, 6.45) is 1.26. The fourth-order valence-electron chi connectivity index (χ4n) is 1.89. The first-order valence-corrected chi connectivity index (χ1v) is 6.05. The highest BCUT2D eigenvalue weighted by atomic mass is 19.2. The van der Waals surface area contributed by atoms with Crippen molar-refractivity contribution >= 4 is 11.9 Å². The topological polar surface area (TPSA) is 30.2 Å². The van der Waals surface area contributed by atoms with Crippen molar-refractivity contribution in [3.8, 4) is 0 Å². The average molecular weight is 316 g/mol. The van der Waals surface area contributed by atoms with Crippen molar-refractivity contribution < 1.29 is 31.2 Å². The fourth-order valence-corrected chi connectivity index (χ4v) is 1.89. The van der Waals surface area contributed by atoms with E-state index < -0.39 is 40.4 Å². The van der Waals surface area contributed by atoms with Crippen LogP contribution in [0.2, 0.25) is 0 Å². The predicted molar refractivity (Wildman–Crippen MR) is 67.8 cm³/mol. The largest absolute Gasteiger partial charge is 0.466 e. The molecule has 0 spiro atoms. The highest BCUT2D eigenvalue weighted by molar-refractivity contribution is 6.07. The fraction of sp³-hybridized carbons (Fsp3) is 0.133. The van der Waals surface area contributed by atoms with Gasteiger partial charge in [0.15, 0.2) is 29.1 Å². The Balaban J connectivity index is 2.43. The van der Waals surface area contributed by atoms with E-state index in [9.17, 15) is 26.7 Å². The molecule has 0 bridgehead atoms. The Bertz CT molecular complexity index is 761. The lowest BCUT2D eigenvalue weighted by Gasteiger charge is -2.04. The molecule has 0 unspecified atom stereocenters. The number of ketones is 1. The lowest BCUT2D eigenvalue weighted by atomic mass is 10.1. The number of carbonyl (C=O) groups is 1. The van der Waals surface area contributed by atoms with Crippen molar-refractivity contribution in [2.24, 2.45) is 0 Å². The first-order chi connectivity index (χ1) is 10.2. The molecule has 7 heteroatoms. The molecule has 0 saturated carbocycles. The molecule has 0 aliphatic carbocycles. The van der Waals surface area contributed by atoms with Gasteiger partial charge in [-0.2, -0.15) is 0 Å². The van der Waals surface area contributed by atoms with E-state index in [-0.39, 0.29) is 11.3 Å². The maximum absolute atomic E-state index is 13.4. The van der Waals surface area contributed by atoms with Gasteiger partial charge in [-0.3, -0.25) is 4.79 Å². The summed E-state index contributed by atoms with van der Waals surface area (Å²) in [5.74, 6) is -10.3. The summed E-state index contributed by atoms with van der Waals surface area (Å²) in [7, 11) is 0. The van der Waals surface area contributed by atoms with E-state index in [2.05, 4.69) is 0 Å². The van der Waals surface area contributed by atoms with E-state index in [1.807, 2.05) is 0 Å². The summed E-state index contributed by atoms with van der Waals surface area (Å²) in [6, 6.07) is 1.40. The molecule has 2 nitrogen and oxygen atoms in total. The van der Waals surface area contributed by atoms with Crippen LogP contribution in [0, 0.1) is 42.9 Å². The minimum Gasteiger partial charge on any atom is -0.466 e. The molecule has 1 heterocycles. The molecule has 22 heavy (non-hydrogen) atoms. The van der Waals surface area contributed by atoms with Crippen molar-refractivity contribution in [1.29, 1.82) is 0 Å². The Morgan fingerprint density at radius 3 is 1.91 bits per heavy atom. The van der Waals surface area contributed by atoms with Gasteiger partial charge in [-0.15, -0.1) is 0 Å². The molecule has 0 aliphatic rings. The van der Waals surface area contributed by atoms with Gasteiger partial charge < -0.3 is 4.42 Å². The van der Waals surface area contributed by atoms with Gasteiger partial charge >= 0.3 is 0 Å². The second-order valence-electron chi connectivity index (χ2n) is 4.51. The van der Waals surface area contributed by atoms with E-state index in [0.717, 1.165) is 6.08 Å². The zero-order chi connectivity index (χ0) is 16.6. The molecule has 0 N–H and O–H groups in total. The van der Waals surface area contributed by atoms with E-state index in [0.29, 0.717) is 11.8 Å². The number of halogens is 5. The summed E-state index contributed by atoms with van der Waals surface area (Å²) >= 11 is 0. The first kappa shape index (κ1) is 15.9. The van der Waals surface area contributed by atoms with Crippen molar-refractivity contribution in [3.05, 3.63) is 63.9 Å². The maximum Gasteiger partial charge on any atom is 0.200 e. The summed E-state index contributed by atoms with van der Waals surface area (Å²) < 4.78 is 70.9. The van der Waals surface area contributed by atoms with Gasteiger partial charge in [0.05, 0.1) is 11.1 Å². The first-order valence-electron chi connectivity index (χ1n) is 6.05. The molecule has 116 valence electrons. The number of carbonyl (C=O) groups excluding carboxylic acids is 1. The number of hydrogen-bond acceptors (Lipinski definition) is 2. The van der Waals surface area contributed by atoms with Gasteiger partial charge in [0, 0.05) is 0 Å². The Labute approximate surface area is 121 Å². The van der Waals surface area contributed by atoms with Crippen molar-refractivity contribution in [3.63, 3.8) is 0 Å². The molecule has 0 saturated heterocycles. The van der Waals surface area contributed by atoms with Crippen LogP contribution in [-0.4, -0.2) is 5.78 Å². The number of rotatable bonds is 3. The number of benzene rings is 1. The second kappa shape index (κ2) is 5.75. The average Bonchev–Trinajstić information content (AvgIpc) is 2.81. The van der Waals surface area contributed by atoms with Crippen LogP contribution < -0.4 is 0 Å². The van der Waals surface area contributed by atoms with Crippen molar-refractivity contribution in [1.82, 2.24) is 0 Å². The van der Waals surface area contributed by atoms with Crippen LogP contribution >= 0.6 is 0 Å². The Morgan fingerprint density at radius 2 is 1.45 bits per heavy atom. The van der Waals surface area contributed by atoms with Crippen molar-refractivity contribution in [2.75, 3.05) is 0 Å². The van der Waals surface area contributed by atoms with Gasteiger partial charge in [0.1, 0.15) is 11.5 Å². The second-order valence-corrected chi connectivity index (χ2v) is 4.51. The Morgan fingerprint density at radius 1 is 0.955 bits per heavy atom. The molecular weight excluding hydrogens is 307 g/mol. The minimum atomic E-state index is -2.25. The minimum absolute atomic E-state index is 0.137. The smallest absolute Gasteiger partial charge is 0.200 e. The standard InChI is InChI=1S/C15H9F5O2/c1-6-5-9(7(2)22-6)10(21)4-3-8-11(16)13(18)15(20)14(19)12(8)17/h3-5H,1-2H3/b4-3+. The molecule has 1 aromatic heterocycles. The van der Waals surface area contributed by atoms with Crippen LogP contribution in [0.15, 0.2) is 16.6 Å². The van der Waals surface area contributed by atoms with Crippen LogP contribution in [0.3, 0.4) is 0 Å². The Kier molecular flexibility index (Phi) is 4.16. The van der Waals surface area contributed by atoms with Crippen LogP contribution in [0.25, 0.3) is 6.08 Å². The predicted octanol–water partition coefficient (Wildman–Crippen LogP) is 4.49. The lowest BCUT2D eigenvalue weighted by Crippen LogP contribution is -2.04. The summed E-state index contributed by atoms with van der Waals surface area (Å²) in [4.78, 5) is 11.9. The van der Waals surface area contributed by atoms with E-state index >= 15 is 0 Å². The maximum atomic E-state index is 13.4. The van der Waals surface area contributed by atoms with Gasteiger partial charge in [-0.25, -0.2) is 22.0 Å². The van der Waals surface area contributed by atoms with Gasteiger partial charge in [0.25, 0.3) is 0 Å². The summed E-state index contributed by atoms with van der Waals surface area (Å²) in [5, 5.41) is 0. The Hall–Kier alpha value is -2.44. The van der Waals surface area contributed by atoms with E-state index in [1.54, 1.807) is 6.92 Å². The van der Waals surface area contributed by atoms with Gasteiger partial charge in [0.2, 0.25) is 5.82 Å². The van der Waals surface area contributed by atoms with E-state index in [1.165, 1.54) is 13.0 Å². The highest BCUT2D eigenvalue weighted by Gasteiger charge is 2.24. The zero-order valence-corrected chi connectivity index (χ0v) is 11.4. The molecule has 0 aliphatic heterocycles. The van der Waals surface area contributed by atoms with Gasteiger partial charge in [-0.1, -0.05) is 0 Å². The molecular formula is C15H9F5O2. The third-order valence-corrected chi connectivity index (χ3v) is 2.95. The highest BCUT2D eigenvalue weighted by Crippen LogP contribution is 2.24. The molecule has 2 aromatic rings.